The van der Waals surface area contributed by atoms with Crippen LogP contribution in [0.3, 0.4) is 0 Å². The molecule has 3 rings (SSSR count). The largest absolute Gasteiger partial charge is 0.484 e. The van der Waals surface area contributed by atoms with Gasteiger partial charge in [-0.05, 0) is 56.4 Å². The van der Waals surface area contributed by atoms with Gasteiger partial charge in [0.05, 0.1) is 0 Å². The van der Waals surface area contributed by atoms with Gasteiger partial charge in [-0.15, -0.1) is 0 Å². The fourth-order valence-electron chi connectivity index (χ4n) is 4.40. The smallest absolute Gasteiger partial charge is 0.261 e. The lowest BCUT2D eigenvalue weighted by molar-refractivity contribution is -0.143. The molecule has 0 heterocycles. The van der Waals surface area contributed by atoms with Gasteiger partial charge in [-0.3, -0.25) is 9.59 Å². The molecular formula is C27H36N2O3. The fourth-order valence-corrected chi connectivity index (χ4v) is 4.40. The Morgan fingerprint density at radius 1 is 1.03 bits per heavy atom. The lowest BCUT2D eigenvalue weighted by Crippen LogP contribution is -2.52. The van der Waals surface area contributed by atoms with Crippen molar-refractivity contribution in [1.29, 1.82) is 0 Å². The minimum Gasteiger partial charge on any atom is -0.484 e. The first-order chi connectivity index (χ1) is 15.5. The van der Waals surface area contributed by atoms with Gasteiger partial charge in [0.25, 0.3) is 5.91 Å². The van der Waals surface area contributed by atoms with Gasteiger partial charge in [-0.25, -0.2) is 0 Å². The lowest BCUT2D eigenvalue weighted by Gasteiger charge is -2.32. The zero-order chi connectivity index (χ0) is 22.9. The van der Waals surface area contributed by atoms with Gasteiger partial charge >= 0.3 is 0 Å². The molecule has 1 fully saturated rings. The normalized spacial score (nSPS) is 15.1. The number of rotatable bonds is 9. The van der Waals surface area contributed by atoms with Gasteiger partial charge in [0, 0.05) is 12.6 Å². The van der Waals surface area contributed by atoms with Crippen LogP contribution in [0, 0.1) is 13.8 Å². The maximum absolute atomic E-state index is 13.3. The summed E-state index contributed by atoms with van der Waals surface area (Å²) in [5.74, 6) is 0.420. The summed E-state index contributed by atoms with van der Waals surface area (Å²) in [6, 6.07) is 15.4. The highest BCUT2D eigenvalue weighted by Crippen LogP contribution is 2.20. The molecule has 1 N–H and O–H groups in total. The third-order valence-corrected chi connectivity index (χ3v) is 6.12. The maximum Gasteiger partial charge on any atom is 0.261 e. The van der Waals surface area contributed by atoms with Crippen molar-refractivity contribution in [1.82, 2.24) is 10.2 Å². The van der Waals surface area contributed by atoms with Crippen LogP contribution in [0.1, 0.15) is 62.1 Å². The number of hydrogen-bond acceptors (Lipinski definition) is 3. The van der Waals surface area contributed by atoms with E-state index in [2.05, 4.69) is 11.4 Å². The van der Waals surface area contributed by atoms with Gasteiger partial charge in [0.15, 0.2) is 6.61 Å². The van der Waals surface area contributed by atoms with Crippen LogP contribution in [-0.2, 0) is 16.1 Å². The second-order valence-electron chi connectivity index (χ2n) is 8.88. The molecule has 1 aliphatic carbocycles. The summed E-state index contributed by atoms with van der Waals surface area (Å²) >= 11 is 0. The molecule has 5 nitrogen and oxygen atoms in total. The molecule has 1 unspecified atom stereocenters. The van der Waals surface area contributed by atoms with Crippen molar-refractivity contribution in [2.24, 2.45) is 0 Å². The molecule has 1 saturated carbocycles. The van der Waals surface area contributed by atoms with E-state index in [1.165, 1.54) is 6.42 Å². The predicted molar refractivity (Wildman–Crippen MR) is 127 cm³/mol. The van der Waals surface area contributed by atoms with E-state index in [9.17, 15) is 9.59 Å². The van der Waals surface area contributed by atoms with Crippen molar-refractivity contribution in [3.63, 3.8) is 0 Å². The van der Waals surface area contributed by atoms with Crippen LogP contribution < -0.4 is 10.1 Å². The third kappa shape index (κ3) is 6.84. The van der Waals surface area contributed by atoms with Crippen LogP contribution in [0.2, 0.25) is 0 Å². The zero-order valence-electron chi connectivity index (χ0n) is 19.6. The maximum atomic E-state index is 13.3. The molecule has 0 spiro atoms. The quantitative estimate of drug-likeness (QED) is 0.606. The summed E-state index contributed by atoms with van der Waals surface area (Å²) in [5.41, 5.74) is 3.22. The van der Waals surface area contributed by atoms with Gasteiger partial charge in [-0.1, -0.05) is 68.1 Å². The van der Waals surface area contributed by atoms with Crippen LogP contribution in [-0.4, -0.2) is 35.4 Å². The van der Waals surface area contributed by atoms with E-state index in [4.69, 9.17) is 4.74 Å². The molecule has 0 saturated heterocycles. The molecule has 1 aliphatic rings. The van der Waals surface area contributed by atoms with E-state index in [1.54, 1.807) is 4.90 Å². The SMILES string of the molecule is CCC(C(=O)NC1CCCCC1)N(Cc1cccc(C)c1)C(=O)COc1cccc(C)c1. The highest BCUT2D eigenvalue weighted by Gasteiger charge is 2.30. The Morgan fingerprint density at radius 3 is 2.38 bits per heavy atom. The first-order valence-corrected chi connectivity index (χ1v) is 11.8. The van der Waals surface area contributed by atoms with Crippen molar-refractivity contribution in [3.05, 3.63) is 65.2 Å². The molecular weight excluding hydrogens is 400 g/mol. The van der Waals surface area contributed by atoms with E-state index in [1.807, 2.05) is 63.2 Å². The van der Waals surface area contributed by atoms with E-state index in [0.717, 1.165) is 42.4 Å². The molecule has 0 aliphatic heterocycles. The van der Waals surface area contributed by atoms with E-state index >= 15 is 0 Å². The molecule has 0 radical (unpaired) electrons. The van der Waals surface area contributed by atoms with Gasteiger partial charge in [-0.2, -0.15) is 0 Å². The van der Waals surface area contributed by atoms with Crippen molar-refractivity contribution in [2.45, 2.75) is 77.9 Å². The number of nitrogens with one attached hydrogen (secondary N) is 1. The highest BCUT2D eigenvalue weighted by atomic mass is 16.5. The second kappa shape index (κ2) is 11.7. The van der Waals surface area contributed by atoms with Crippen molar-refractivity contribution < 1.29 is 14.3 Å². The van der Waals surface area contributed by atoms with Crippen molar-refractivity contribution in [2.75, 3.05) is 6.61 Å². The Bertz CT molecular complexity index is 905. The molecule has 1 atom stereocenters. The van der Waals surface area contributed by atoms with Crippen molar-refractivity contribution >= 4 is 11.8 Å². The van der Waals surface area contributed by atoms with Gasteiger partial charge < -0.3 is 15.0 Å². The Labute approximate surface area is 192 Å². The minimum absolute atomic E-state index is 0.0593. The molecule has 172 valence electrons. The van der Waals surface area contributed by atoms with Crippen LogP contribution in [0.5, 0.6) is 5.75 Å². The average molecular weight is 437 g/mol. The Hall–Kier alpha value is -2.82. The minimum atomic E-state index is -0.522. The summed E-state index contributed by atoms with van der Waals surface area (Å²) in [6.45, 7) is 6.27. The number of benzene rings is 2. The summed E-state index contributed by atoms with van der Waals surface area (Å²) in [7, 11) is 0. The number of amides is 2. The Kier molecular flexibility index (Phi) is 8.72. The molecule has 2 amide bonds. The van der Waals surface area contributed by atoms with E-state index in [-0.39, 0.29) is 24.5 Å². The highest BCUT2D eigenvalue weighted by molar-refractivity contribution is 5.88. The molecule has 5 heteroatoms. The zero-order valence-corrected chi connectivity index (χ0v) is 19.6. The summed E-state index contributed by atoms with van der Waals surface area (Å²) in [6.07, 6.45) is 6.13. The summed E-state index contributed by atoms with van der Waals surface area (Å²) in [4.78, 5) is 28.2. The number of ether oxygens (including phenoxy) is 1. The Morgan fingerprint density at radius 2 is 1.72 bits per heavy atom. The lowest BCUT2D eigenvalue weighted by atomic mass is 9.95. The monoisotopic (exact) mass is 436 g/mol. The molecule has 2 aromatic carbocycles. The predicted octanol–water partition coefficient (Wildman–Crippen LogP) is 4.94. The summed E-state index contributed by atoms with van der Waals surface area (Å²) < 4.78 is 5.79. The molecule has 32 heavy (non-hydrogen) atoms. The average Bonchev–Trinajstić information content (AvgIpc) is 2.78. The molecule has 2 aromatic rings. The number of aryl methyl sites for hydroxylation is 2. The first-order valence-electron chi connectivity index (χ1n) is 11.8. The molecule has 0 bridgehead atoms. The number of carbonyl (C=O) groups is 2. The van der Waals surface area contributed by atoms with Crippen LogP contribution >= 0.6 is 0 Å². The van der Waals surface area contributed by atoms with Crippen LogP contribution in [0.4, 0.5) is 0 Å². The number of nitrogens with zero attached hydrogens (tertiary/aromatic N) is 1. The fraction of sp³-hybridized carbons (Fsp3) is 0.481. The summed E-state index contributed by atoms with van der Waals surface area (Å²) in [5, 5.41) is 3.21. The van der Waals surface area contributed by atoms with Gasteiger partial charge in [0.2, 0.25) is 5.91 Å². The number of carbonyl (C=O) groups excluding carboxylic acids is 2. The molecule has 0 aromatic heterocycles. The second-order valence-corrected chi connectivity index (χ2v) is 8.88. The van der Waals surface area contributed by atoms with E-state index < -0.39 is 6.04 Å². The number of hydrogen-bond donors (Lipinski definition) is 1. The van der Waals surface area contributed by atoms with Gasteiger partial charge in [0.1, 0.15) is 11.8 Å². The van der Waals surface area contributed by atoms with E-state index in [0.29, 0.717) is 18.7 Å². The van der Waals surface area contributed by atoms with Crippen molar-refractivity contribution in [3.8, 4) is 5.75 Å². The van der Waals surface area contributed by atoms with Crippen LogP contribution in [0.25, 0.3) is 0 Å². The standard InChI is InChI=1S/C27H36N2O3/c1-4-25(27(31)28-23-13-6-5-7-14-23)29(18-22-12-8-10-20(2)16-22)26(30)19-32-24-15-9-11-21(3)17-24/h8-12,15-17,23,25H,4-7,13-14,18-19H2,1-3H3,(H,28,31). The third-order valence-electron chi connectivity index (χ3n) is 6.12. The van der Waals surface area contributed by atoms with Crippen LogP contribution in [0.15, 0.2) is 48.5 Å². The first kappa shape index (κ1) is 23.8. The topological polar surface area (TPSA) is 58.6 Å². The Balaban J connectivity index is 1.75.